The van der Waals surface area contributed by atoms with E-state index in [4.69, 9.17) is 9.47 Å². The van der Waals surface area contributed by atoms with Gasteiger partial charge in [-0.3, -0.25) is 10.2 Å². The highest BCUT2D eigenvalue weighted by atomic mass is 35.5. The summed E-state index contributed by atoms with van der Waals surface area (Å²) in [6, 6.07) is 7.93. The first kappa shape index (κ1) is 22.8. The van der Waals surface area contributed by atoms with Gasteiger partial charge in [-0.2, -0.15) is 0 Å². The number of carbonyl (C=O) groups is 1. The zero-order valence-corrected chi connectivity index (χ0v) is 17.8. The van der Waals surface area contributed by atoms with E-state index in [2.05, 4.69) is 17.1 Å². The van der Waals surface area contributed by atoms with Gasteiger partial charge in [-0.15, -0.1) is 12.4 Å². The average molecular weight is 411 g/mol. The number of rotatable bonds is 8. The van der Waals surface area contributed by atoms with Gasteiger partial charge in [0.25, 0.3) is 0 Å². The smallest absolute Gasteiger partial charge is 0.411 e. The molecule has 1 saturated carbocycles. The first-order valence-electron chi connectivity index (χ1n) is 10.7. The van der Waals surface area contributed by atoms with Crippen LogP contribution in [-0.2, 0) is 4.74 Å². The molecule has 1 aromatic rings. The van der Waals surface area contributed by atoms with Crippen molar-refractivity contribution in [3.8, 4) is 5.75 Å². The molecular formula is C22H35ClN2O3. The number of hydrogen-bond acceptors (Lipinski definition) is 4. The molecular weight excluding hydrogens is 376 g/mol. The monoisotopic (exact) mass is 410 g/mol. The molecule has 1 heterocycles. The summed E-state index contributed by atoms with van der Waals surface area (Å²) < 4.78 is 11.5. The molecule has 2 aliphatic rings. The third-order valence-electron chi connectivity index (χ3n) is 5.65. The molecule has 2 atom stereocenters. The van der Waals surface area contributed by atoms with Gasteiger partial charge in [0.05, 0.1) is 6.61 Å². The van der Waals surface area contributed by atoms with Crippen LogP contribution in [0.1, 0.15) is 64.7 Å². The SMILES string of the molecule is CCCCCOc1ccc(NC(=O)O[C@H]2CCCC[C@@H]2N2CCCC2)cc1.Cl. The molecule has 2 fully saturated rings. The van der Waals surface area contributed by atoms with E-state index in [9.17, 15) is 4.79 Å². The van der Waals surface area contributed by atoms with E-state index in [1.807, 2.05) is 24.3 Å². The zero-order chi connectivity index (χ0) is 18.9. The fourth-order valence-corrected chi connectivity index (χ4v) is 4.17. The largest absolute Gasteiger partial charge is 0.494 e. The lowest BCUT2D eigenvalue weighted by atomic mass is 9.91. The van der Waals surface area contributed by atoms with Crippen molar-refractivity contribution in [1.29, 1.82) is 0 Å². The van der Waals surface area contributed by atoms with Crippen LogP contribution in [0.2, 0.25) is 0 Å². The summed E-state index contributed by atoms with van der Waals surface area (Å²) in [6.45, 7) is 5.21. The third-order valence-corrected chi connectivity index (χ3v) is 5.65. The normalized spacial score (nSPS) is 22.3. The van der Waals surface area contributed by atoms with Gasteiger partial charge in [0.15, 0.2) is 0 Å². The molecule has 0 unspecified atom stereocenters. The number of carbonyl (C=O) groups excluding carboxylic acids is 1. The van der Waals surface area contributed by atoms with E-state index in [-0.39, 0.29) is 24.6 Å². The Morgan fingerprint density at radius 3 is 2.50 bits per heavy atom. The van der Waals surface area contributed by atoms with Gasteiger partial charge in [0.2, 0.25) is 0 Å². The maximum absolute atomic E-state index is 12.4. The summed E-state index contributed by atoms with van der Waals surface area (Å²) in [5.74, 6) is 0.839. The number of halogens is 1. The molecule has 28 heavy (non-hydrogen) atoms. The van der Waals surface area contributed by atoms with E-state index in [0.29, 0.717) is 6.04 Å². The van der Waals surface area contributed by atoms with Crippen LogP contribution < -0.4 is 10.1 Å². The van der Waals surface area contributed by atoms with Crippen LogP contribution in [0, 0.1) is 0 Å². The van der Waals surface area contributed by atoms with Crippen LogP contribution in [0.25, 0.3) is 0 Å². The van der Waals surface area contributed by atoms with Crippen molar-refractivity contribution in [2.24, 2.45) is 0 Å². The average Bonchev–Trinajstić information content (AvgIpc) is 3.21. The van der Waals surface area contributed by atoms with E-state index in [0.717, 1.165) is 56.8 Å². The molecule has 1 N–H and O–H groups in total. The van der Waals surface area contributed by atoms with Crippen molar-refractivity contribution >= 4 is 24.2 Å². The standard InChI is InChI=1S/C22H34N2O3.ClH/c1-2-3-8-17-26-19-13-11-18(12-14-19)23-22(25)27-21-10-5-4-9-20(21)24-15-6-7-16-24;/h11-14,20-21H,2-10,15-17H2,1H3,(H,23,25);1H/t20-,21-;/m0./s1. The molecule has 0 spiro atoms. The van der Waals surface area contributed by atoms with Gasteiger partial charge in [0, 0.05) is 11.7 Å². The number of unbranched alkanes of at least 4 members (excludes halogenated alkanes) is 2. The molecule has 1 aliphatic heterocycles. The Bertz CT molecular complexity index is 576. The van der Waals surface area contributed by atoms with Gasteiger partial charge in [0.1, 0.15) is 11.9 Å². The lowest BCUT2D eigenvalue weighted by molar-refractivity contribution is 0.0176. The second-order valence-electron chi connectivity index (χ2n) is 7.74. The predicted octanol–water partition coefficient (Wildman–Crippen LogP) is 5.63. The number of hydrogen-bond donors (Lipinski definition) is 1. The number of benzene rings is 1. The zero-order valence-electron chi connectivity index (χ0n) is 17.0. The minimum atomic E-state index is -0.345. The van der Waals surface area contributed by atoms with Crippen molar-refractivity contribution < 1.29 is 14.3 Å². The van der Waals surface area contributed by atoms with E-state index in [1.54, 1.807) is 0 Å². The van der Waals surface area contributed by atoms with Crippen molar-refractivity contribution in [3.63, 3.8) is 0 Å². The molecule has 6 heteroatoms. The Balaban J connectivity index is 0.00000280. The highest BCUT2D eigenvalue weighted by Crippen LogP contribution is 2.28. The molecule has 1 saturated heterocycles. The van der Waals surface area contributed by atoms with Gasteiger partial charge in [-0.25, -0.2) is 4.79 Å². The van der Waals surface area contributed by atoms with Gasteiger partial charge in [-0.1, -0.05) is 26.2 Å². The lowest BCUT2D eigenvalue weighted by Crippen LogP contribution is -2.46. The van der Waals surface area contributed by atoms with Crippen molar-refractivity contribution in [2.45, 2.75) is 76.9 Å². The molecule has 3 rings (SSSR count). The number of nitrogens with zero attached hydrogens (tertiary/aromatic N) is 1. The molecule has 158 valence electrons. The Hall–Kier alpha value is -1.46. The van der Waals surface area contributed by atoms with Crippen LogP contribution in [0.4, 0.5) is 10.5 Å². The predicted molar refractivity (Wildman–Crippen MR) is 116 cm³/mol. The maximum Gasteiger partial charge on any atom is 0.411 e. The fraction of sp³-hybridized carbons (Fsp3) is 0.682. The molecule has 5 nitrogen and oxygen atoms in total. The summed E-state index contributed by atoms with van der Waals surface area (Å²) in [6.07, 6.45) is 10.1. The highest BCUT2D eigenvalue weighted by molar-refractivity contribution is 5.85. The number of ether oxygens (including phenoxy) is 2. The molecule has 1 aromatic carbocycles. The minimum Gasteiger partial charge on any atom is -0.494 e. The Morgan fingerprint density at radius 2 is 1.79 bits per heavy atom. The minimum absolute atomic E-state index is 0. The van der Waals surface area contributed by atoms with Crippen LogP contribution in [-0.4, -0.2) is 42.8 Å². The molecule has 1 aliphatic carbocycles. The van der Waals surface area contributed by atoms with Gasteiger partial charge >= 0.3 is 6.09 Å². The van der Waals surface area contributed by atoms with Crippen molar-refractivity contribution in [3.05, 3.63) is 24.3 Å². The summed E-state index contributed by atoms with van der Waals surface area (Å²) in [5.41, 5.74) is 0.745. The molecule has 0 aromatic heterocycles. The van der Waals surface area contributed by atoms with Crippen molar-refractivity contribution in [1.82, 2.24) is 4.90 Å². The summed E-state index contributed by atoms with van der Waals surface area (Å²) in [7, 11) is 0. The topological polar surface area (TPSA) is 50.8 Å². The van der Waals surface area contributed by atoms with E-state index in [1.165, 1.54) is 32.1 Å². The molecule has 0 bridgehead atoms. The quantitative estimate of drug-likeness (QED) is 0.564. The number of nitrogens with one attached hydrogen (secondary N) is 1. The highest BCUT2D eigenvalue weighted by Gasteiger charge is 2.34. The first-order chi connectivity index (χ1) is 13.3. The van der Waals surface area contributed by atoms with Crippen LogP contribution >= 0.6 is 12.4 Å². The van der Waals surface area contributed by atoms with E-state index < -0.39 is 0 Å². The van der Waals surface area contributed by atoms with Crippen LogP contribution in [0.15, 0.2) is 24.3 Å². The number of amides is 1. The second-order valence-corrected chi connectivity index (χ2v) is 7.74. The van der Waals surface area contributed by atoms with E-state index >= 15 is 0 Å². The maximum atomic E-state index is 12.4. The fourth-order valence-electron chi connectivity index (χ4n) is 4.17. The Kier molecular flexibility index (Phi) is 9.93. The van der Waals surface area contributed by atoms with Gasteiger partial charge < -0.3 is 9.47 Å². The Labute approximate surface area is 175 Å². The third kappa shape index (κ3) is 6.85. The van der Waals surface area contributed by atoms with Crippen LogP contribution in [0.5, 0.6) is 5.75 Å². The number of anilines is 1. The second kappa shape index (κ2) is 12.2. The van der Waals surface area contributed by atoms with Gasteiger partial charge in [-0.05, 0) is 75.9 Å². The summed E-state index contributed by atoms with van der Waals surface area (Å²) in [5, 5.41) is 2.87. The van der Waals surface area contributed by atoms with Crippen molar-refractivity contribution in [2.75, 3.05) is 25.0 Å². The molecule has 0 radical (unpaired) electrons. The Morgan fingerprint density at radius 1 is 1.07 bits per heavy atom. The summed E-state index contributed by atoms with van der Waals surface area (Å²) >= 11 is 0. The number of likely N-dealkylation sites (tertiary alicyclic amines) is 1. The lowest BCUT2D eigenvalue weighted by Gasteiger charge is -2.37. The summed E-state index contributed by atoms with van der Waals surface area (Å²) in [4.78, 5) is 14.9. The first-order valence-corrected chi connectivity index (χ1v) is 10.7. The van der Waals surface area contributed by atoms with Crippen LogP contribution in [0.3, 0.4) is 0 Å². The molecule has 1 amide bonds.